The zero-order chi connectivity index (χ0) is 18.9. The molecule has 3 atom stereocenters. The topological polar surface area (TPSA) is 99.2 Å². The standard InChI is InChI=1S/C17H21NO7S/c1-11-9-18(10-12(2)24-11)26(21,22)14-5-3-13(4-6-14)16(19)25-15-7-8-23-17(15)20/h3-6,11-12,15H,7-10H2,1-2H3. The van der Waals surface area contributed by atoms with Crippen LogP contribution >= 0.6 is 0 Å². The fourth-order valence-corrected chi connectivity index (χ4v) is 4.61. The first-order valence-corrected chi connectivity index (χ1v) is 9.84. The molecule has 2 saturated heterocycles. The Morgan fingerprint density at radius 2 is 1.77 bits per heavy atom. The second-order valence-electron chi connectivity index (χ2n) is 6.45. The van der Waals surface area contributed by atoms with E-state index in [0.717, 1.165) is 0 Å². The first-order chi connectivity index (χ1) is 12.3. The maximum atomic E-state index is 12.8. The third-order valence-electron chi connectivity index (χ3n) is 4.25. The Morgan fingerprint density at radius 3 is 2.31 bits per heavy atom. The minimum atomic E-state index is -3.67. The Morgan fingerprint density at radius 1 is 1.15 bits per heavy atom. The summed E-state index contributed by atoms with van der Waals surface area (Å²) in [5, 5.41) is 0. The molecular weight excluding hydrogens is 362 g/mol. The van der Waals surface area contributed by atoms with Crippen molar-refractivity contribution in [1.29, 1.82) is 0 Å². The summed E-state index contributed by atoms with van der Waals surface area (Å²) in [7, 11) is -3.67. The van der Waals surface area contributed by atoms with Crippen LogP contribution in [0.5, 0.6) is 0 Å². The van der Waals surface area contributed by atoms with Gasteiger partial charge in [0.05, 0.1) is 29.3 Å². The molecule has 2 heterocycles. The molecule has 0 spiro atoms. The van der Waals surface area contributed by atoms with Crippen molar-refractivity contribution >= 4 is 22.0 Å². The number of esters is 2. The summed E-state index contributed by atoms with van der Waals surface area (Å²) in [5.41, 5.74) is 0.173. The molecule has 0 aromatic heterocycles. The summed E-state index contributed by atoms with van der Waals surface area (Å²) < 4.78 is 42.3. The first kappa shape index (κ1) is 18.8. The zero-order valence-electron chi connectivity index (χ0n) is 14.6. The van der Waals surface area contributed by atoms with Crippen LogP contribution < -0.4 is 0 Å². The van der Waals surface area contributed by atoms with E-state index in [0.29, 0.717) is 6.42 Å². The second kappa shape index (κ2) is 7.34. The minimum absolute atomic E-state index is 0.0932. The van der Waals surface area contributed by atoms with Crippen LogP contribution in [0.15, 0.2) is 29.2 Å². The van der Waals surface area contributed by atoms with E-state index in [-0.39, 0.29) is 42.4 Å². The first-order valence-electron chi connectivity index (χ1n) is 8.40. The number of sulfonamides is 1. The number of cyclic esters (lactones) is 1. The normalized spacial score (nSPS) is 27.2. The number of benzene rings is 1. The Labute approximate surface area is 152 Å². The number of carbonyl (C=O) groups excluding carboxylic acids is 2. The van der Waals surface area contributed by atoms with Gasteiger partial charge in [0.15, 0.2) is 0 Å². The average molecular weight is 383 g/mol. The molecule has 0 saturated carbocycles. The van der Waals surface area contributed by atoms with Crippen LogP contribution in [-0.2, 0) is 29.0 Å². The van der Waals surface area contributed by atoms with Crippen molar-refractivity contribution in [2.24, 2.45) is 0 Å². The summed E-state index contributed by atoms with van der Waals surface area (Å²) in [6.07, 6.45) is -0.949. The van der Waals surface area contributed by atoms with E-state index in [1.54, 1.807) is 0 Å². The average Bonchev–Trinajstić information content (AvgIpc) is 2.99. The van der Waals surface area contributed by atoms with Crippen LogP contribution in [0.3, 0.4) is 0 Å². The minimum Gasteiger partial charge on any atom is -0.463 e. The number of ether oxygens (including phenoxy) is 3. The number of nitrogens with zero attached hydrogens (tertiary/aromatic N) is 1. The molecule has 0 amide bonds. The number of rotatable bonds is 4. The van der Waals surface area contributed by atoms with Crippen molar-refractivity contribution < 1.29 is 32.2 Å². The molecule has 2 aliphatic rings. The van der Waals surface area contributed by atoms with Gasteiger partial charge in [-0.25, -0.2) is 18.0 Å². The van der Waals surface area contributed by atoms with Crippen molar-refractivity contribution in [2.75, 3.05) is 19.7 Å². The number of hydrogen-bond donors (Lipinski definition) is 0. The lowest BCUT2D eigenvalue weighted by molar-refractivity contribution is -0.145. The predicted molar refractivity (Wildman–Crippen MR) is 90.0 cm³/mol. The van der Waals surface area contributed by atoms with E-state index in [1.807, 2.05) is 13.8 Å². The van der Waals surface area contributed by atoms with Gasteiger partial charge in [0.2, 0.25) is 16.1 Å². The Balaban J connectivity index is 1.72. The highest BCUT2D eigenvalue weighted by Gasteiger charge is 2.33. The highest BCUT2D eigenvalue weighted by molar-refractivity contribution is 7.89. The van der Waals surface area contributed by atoms with Crippen LogP contribution in [0, 0.1) is 0 Å². The van der Waals surface area contributed by atoms with Gasteiger partial charge in [0.1, 0.15) is 0 Å². The van der Waals surface area contributed by atoms with Gasteiger partial charge in [-0.15, -0.1) is 0 Å². The number of hydrogen-bond acceptors (Lipinski definition) is 7. The molecule has 0 radical (unpaired) electrons. The summed E-state index contributed by atoms with van der Waals surface area (Å²) >= 11 is 0. The monoisotopic (exact) mass is 383 g/mol. The fourth-order valence-electron chi connectivity index (χ4n) is 3.02. The van der Waals surface area contributed by atoms with Gasteiger partial charge >= 0.3 is 11.9 Å². The van der Waals surface area contributed by atoms with Gasteiger partial charge < -0.3 is 14.2 Å². The van der Waals surface area contributed by atoms with Crippen molar-refractivity contribution in [2.45, 2.75) is 43.5 Å². The molecular formula is C17H21NO7S. The highest BCUT2D eigenvalue weighted by atomic mass is 32.2. The molecule has 0 bridgehead atoms. The fraction of sp³-hybridized carbons (Fsp3) is 0.529. The van der Waals surface area contributed by atoms with Crippen molar-refractivity contribution in [3.63, 3.8) is 0 Å². The third kappa shape index (κ3) is 3.89. The van der Waals surface area contributed by atoms with Crippen molar-refractivity contribution in [3.8, 4) is 0 Å². The zero-order valence-corrected chi connectivity index (χ0v) is 15.4. The lowest BCUT2D eigenvalue weighted by Crippen LogP contribution is -2.48. The van der Waals surface area contributed by atoms with Gasteiger partial charge in [0.25, 0.3) is 0 Å². The molecule has 26 heavy (non-hydrogen) atoms. The summed E-state index contributed by atoms with van der Waals surface area (Å²) in [6.45, 7) is 4.43. The molecule has 2 aliphatic heterocycles. The van der Waals surface area contributed by atoms with E-state index >= 15 is 0 Å². The predicted octanol–water partition coefficient (Wildman–Crippen LogP) is 0.957. The highest BCUT2D eigenvalue weighted by Crippen LogP contribution is 2.22. The van der Waals surface area contributed by atoms with Gasteiger partial charge in [-0.1, -0.05) is 0 Å². The number of morpholine rings is 1. The molecule has 142 valence electrons. The Kier molecular flexibility index (Phi) is 5.31. The summed E-state index contributed by atoms with van der Waals surface area (Å²) in [5.74, 6) is -1.25. The lowest BCUT2D eigenvalue weighted by atomic mass is 10.2. The Bertz CT molecular complexity index is 780. The van der Waals surface area contributed by atoms with Crippen LogP contribution in [0.1, 0.15) is 30.6 Å². The van der Waals surface area contributed by atoms with Crippen molar-refractivity contribution in [3.05, 3.63) is 29.8 Å². The van der Waals surface area contributed by atoms with Crippen LogP contribution in [-0.4, -0.2) is 62.7 Å². The van der Waals surface area contributed by atoms with E-state index in [9.17, 15) is 18.0 Å². The van der Waals surface area contributed by atoms with Gasteiger partial charge in [-0.3, -0.25) is 0 Å². The van der Waals surface area contributed by atoms with Gasteiger partial charge in [0, 0.05) is 19.5 Å². The summed E-state index contributed by atoms with van der Waals surface area (Å²) in [6, 6.07) is 5.49. The molecule has 0 N–H and O–H groups in total. The van der Waals surface area contributed by atoms with E-state index in [1.165, 1.54) is 28.6 Å². The molecule has 1 aromatic rings. The van der Waals surface area contributed by atoms with E-state index < -0.39 is 28.1 Å². The smallest absolute Gasteiger partial charge is 0.347 e. The van der Waals surface area contributed by atoms with Crippen LogP contribution in [0.4, 0.5) is 0 Å². The molecule has 8 nitrogen and oxygen atoms in total. The second-order valence-corrected chi connectivity index (χ2v) is 8.39. The molecule has 9 heteroatoms. The van der Waals surface area contributed by atoms with E-state index in [4.69, 9.17) is 14.2 Å². The molecule has 3 rings (SSSR count). The third-order valence-corrected chi connectivity index (χ3v) is 6.10. The molecule has 1 aromatic carbocycles. The molecule has 2 fully saturated rings. The Hall–Kier alpha value is -1.97. The van der Waals surface area contributed by atoms with Gasteiger partial charge in [-0.05, 0) is 38.1 Å². The molecule has 3 unspecified atom stereocenters. The SMILES string of the molecule is CC1CN(S(=O)(=O)c2ccc(C(=O)OC3CCOC3=O)cc2)CC(C)O1. The van der Waals surface area contributed by atoms with Crippen LogP contribution in [0.25, 0.3) is 0 Å². The quantitative estimate of drug-likeness (QED) is 0.714. The number of carbonyl (C=O) groups is 2. The van der Waals surface area contributed by atoms with Gasteiger partial charge in [-0.2, -0.15) is 4.31 Å². The maximum Gasteiger partial charge on any atom is 0.347 e. The van der Waals surface area contributed by atoms with Crippen LogP contribution in [0.2, 0.25) is 0 Å². The molecule has 0 aliphatic carbocycles. The van der Waals surface area contributed by atoms with E-state index in [2.05, 4.69) is 0 Å². The van der Waals surface area contributed by atoms with Crippen molar-refractivity contribution in [1.82, 2.24) is 4.31 Å². The largest absolute Gasteiger partial charge is 0.463 e. The lowest BCUT2D eigenvalue weighted by Gasteiger charge is -2.34. The summed E-state index contributed by atoms with van der Waals surface area (Å²) in [4.78, 5) is 23.5. The maximum absolute atomic E-state index is 12.8.